The molecule has 0 amide bonds. The molecule has 0 aliphatic carbocycles. The maximum Gasteiger partial charge on any atom is 0.0702 e. The van der Waals surface area contributed by atoms with Crippen molar-refractivity contribution >= 4 is 60.7 Å². The average molecular weight is 730 g/mol. The van der Waals surface area contributed by atoms with Gasteiger partial charge in [-0.2, -0.15) is 0 Å². The molecule has 0 aliphatic heterocycles. The van der Waals surface area contributed by atoms with E-state index in [0.717, 1.165) is 62.0 Å². The molecule has 0 unspecified atom stereocenters. The minimum Gasteiger partial charge on any atom is -0.310 e. The summed E-state index contributed by atoms with van der Waals surface area (Å²) in [5, 5.41) is 4.93. The van der Waals surface area contributed by atoms with E-state index in [1.54, 1.807) is 0 Å². The van der Waals surface area contributed by atoms with Crippen LogP contribution in [-0.2, 0) is 0 Å². The second kappa shape index (κ2) is 13.5. The Balaban J connectivity index is 1.14. The molecule has 57 heavy (non-hydrogen) atoms. The van der Waals surface area contributed by atoms with Crippen LogP contribution in [0.4, 0.5) is 17.1 Å². The Hall–Kier alpha value is -7.76. The average Bonchev–Trinajstić information content (AvgIpc) is 3.79. The van der Waals surface area contributed by atoms with E-state index in [0.29, 0.717) is 0 Å². The first-order chi connectivity index (χ1) is 28.3. The highest BCUT2D eigenvalue weighted by molar-refractivity contribution is 6.19. The molecule has 0 atom stereocenters. The number of hydrogen-bond donors (Lipinski definition) is 0. The Bertz CT molecular complexity index is 3150. The molecule has 11 aromatic rings. The highest BCUT2D eigenvalue weighted by Crippen LogP contribution is 2.42. The zero-order chi connectivity index (χ0) is 37.7. The maximum atomic E-state index is 4.68. The minimum absolute atomic E-state index is 0.930. The number of para-hydroxylation sites is 3. The summed E-state index contributed by atoms with van der Waals surface area (Å²) in [7, 11) is 0. The number of fused-ring (bicyclic) bond motifs is 6. The first-order valence-electron chi connectivity index (χ1n) is 19.2. The number of aromatic nitrogens is 4. The predicted molar refractivity (Wildman–Crippen MR) is 236 cm³/mol. The van der Waals surface area contributed by atoms with Crippen LogP contribution in [0, 0.1) is 0 Å². The number of nitrogens with zero attached hydrogens (tertiary/aromatic N) is 5. The zero-order valence-corrected chi connectivity index (χ0v) is 30.9. The normalized spacial score (nSPS) is 11.5. The van der Waals surface area contributed by atoms with Gasteiger partial charge in [-0.1, -0.05) is 97.1 Å². The van der Waals surface area contributed by atoms with Crippen LogP contribution in [-0.4, -0.2) is 19.1 Å². The molecule has 0 radical (unpaired) electrons. The third-order valence-corrected chi connectivity index (χ3v) is 11.0. The predicted octanol–water partition coefficient (Wildman–Crippen LogP) is 13.5. The summed E-state index contributed by atoms with van der Waals surface area (Å²) >= 11 is 0. The Labute approximate surface area is 330 Å². The summed E-state index contributed by atoms with van der Waals surface area (Å²) in [6, 6.07) is 71.2. The van der Waals surface area contributed by atoms with Crippen molar-refractivity contribution < 1.29 is 0 Å². The molecule has 0 bridgehead atoms. The monoisotopic (exact) mass is 729 g/mol. The molecule has 0 N–H and O–H groups in total. The van der Waals surface area contributed by atoms with Gasteiger partial charge in [0.05, 0.1) is 33.5 Å². The number of benzene rings is 7. The molecule has 4 heterocycles. The van der Waals surface area contributed by atoms with Crippen molar-refractivity contribution in [3.8, 4) is 33.9 Å². The SMILES string of the molecule is c1ccc(-n2c3ccccc3c3cc4c5ccccc5n(-c5cccc(N(c6cccc(-c7ccccn7)c6)c6cccc(-c7ccccn7)c6)c5)c4cc32)cc1. The topological polar surface area (TPSA) is 38.9 Å². The summed E-state index contributed by atoms with van der Waals surface area (Å²) in [4.78, 5) is 11.7. The van der Waals surface area contributed by atoms with Gasteiger partial charge in [-0.3, -0.25) is 9.97 Å². The minimum atomic E-state index is 0.930. The van der Waals surface area contributed by atoms with Gasteiger partial charge in [0.1, 0.15) is 0 Å². The Morgan fingerprint density at radius 1 is 0.316 bits per heavy atom. The first kappa shape index (κ1) is 32.7. The molecule has 0 aliphatic rings. The summed E-state index contributed by atoms with van der Waals surface area (Å²) in [6.45, 7) is 0. The van der Waals surface area contributed by atoms with Crippen LogP contribution in [0.5, 0.6) is 0 Å². The van der Waals surface area contributed by atoms with Crippen LogP contribution in [0.25, 0.3) is 77.5 Å². The van der Waals surface area contributed by atoms with E-state index >= 15 is 0 Å². The van der Waals surface area contributed by atoms with Crippen LogP contribution in [0.15, 0.2) is 213 Å². The van der Waals surface area contributed by atoms with Crippen molar-refractivity contribution in [2.75, 3.05) is 4.90 Å². The van der Waals surface area contributed by atoms with Crippen LogP contribution < -0.4 is 4.90 Å². The van der Waals surface area contributed by atoms with Crippen molar-refractivity contribution in [2.45, 2.75) is 0 Å². The highest BCUT2D eigenvalue weighted by Gasteiger charge is 2.20. The van der Waals surface area contributed by atoms with Gasteiger partial charge in [0, 0.05) is 73.5 Å². The van der Waals surface area contributed by atoms with Crippen molar-refractivity contribution in [2.24, 2.45) is 0 Å². The quantitative estimate of drug-likeness (QED) is 0.164. The fourth-order valence-electron chi connectivity index (χ4n) is 8.46. The van der Waals surface area contributed by atoms with Gasteiger partial charge in [0.15, 0.2) is 0 Å². The summed E-state index contributed by atoms with van der Waals surface area (Å²) in [6.07, 6.45) is 3.69. The summed E-state index contributed by atoms with van der Waals surface area (Å²) < 4.78 is 4.82. The lowest BCUT2D eigenvalue weighted by Gasteiger charge is -2.27. The van der Waals surface area contributed by atoms with Crippen molar-refractivity contribution in [3.63, 3.8) is 0 Å². The Morgan fingerprint density at radius 2 is 0.789 bits per heavy atom. The van der Waals surface area contributed by atoms with Crippen LogP contribution in [0.1, 0.15) is 0 Å². The first-order valence-corrected chi connectivity index (χ1v) is 19.2. The lowest BCUT2D eigenvalue weighted by molar-refractivity contribution is 1.16. The van der Waals surface area contributed by atoms with Gasteiger partial charge in [0.25, 0.3) is 0 Å². The van der Waals surface area contributed by atoms with Crippen molar-refractivity contribution in [1.29, 1.82) is 0 Å². The van der Waals surface area contributed by atoms with E-state index in [1.807, 2.05) is 36.7 Å². The van der Waals surface area contributed by atoms with Crippen molar-refractivity contribution in [1.82, 2.24) is 19.1 Å². The van der Waals surface area contributed by atoms with Crippen LogP contribution in [0.3, 0.4) is 0 Å². The standard InChI is InChI=1S/C52H35N5/c1-2-17-38(18-3-1)56-49-27-6-4-23-43(49)45-34-46-44-24-5-7-28-50(44)57(52(46)35-51(45)56)42-22-14-21-41(33-42)55(39-19-12-15-36(31-39)47-25-8-10-29-53-47)40-20-13-16-37(32-40)48-26-9-11-30-54-48/h1-35H. The van der Waals surface area contributed by atoms with E-state index in [2.05, 4.69) is 200 Å². The van der Waals surface area contributed by atoms with Gasteiger partial charge in [-0.15, -0.1) is 0 Å². The van der Waals surface area contributed by atoms with Crippen LogP contribution in [0.2, 0.25) is 0 Å². The fraction of sp³-hybridized carbons (Fsp3) is 0. The smallest absolute Gasteiger partial charge is 0.0702 e. The molecule has 11 rings (SSSR count). The second-order valence-corrected chi connectivity index (χ2v) is 14.3. The van der Waals surface area contributed by atoms with Gasteiger partial charge >= 0.3 is 0 Å². The Morgan fingerprint density at radius 3 is 1.35 bits per heavy atom. The molecule has 5 heteroatoms. The molecule has 268 valence electrons. The highest BCUT2D eigenvalue weighted by atomic mass is 15.1. The summed E-state index contributed by atoms with van der Waals surface area (Å²) in [5.41, 5.74) is 14.0. The molecular weight excluding hydrogens is 695 g/mol. The van der Waals surface area contributed by atoms with E-state index in [9.17, 15) is 0 Å². The van der Waals surface area contributed by atoms with Gasteiger partial charge in [-0.05, 0) is 103 Å². The van der Waals surface area contributed by atoms with Crippen LogP contribution >= 0.6 is 0 Å². The number of hydrogen-bond acceptors (Lipinski definition) is 3. The van der Waals surface area contributed by atoms with Gasteiger partial charge < -0.3 is 14.0 Å². The largest absolute Gasteiger partial charge is 0.310 e. The number of rotatable bonds is 7. The Kier molecular flexibility index (Phi) is 7.74. The molecule has 0 fully saturated rings. The fourth-order valence-corrected chi connectivity index (χ4v) is 8.46. The third kappa shape index (κ3) is 5.56. The molecule has 0 saturated carbocycles. The zero-order valence-electron chi connectivity index (χ0n) is 30.9. The third-order valence-electron chi connectivity index (χ3n) is 11.0. The lowest BCUT2D eigenvalue weighted by Crippen LogP contribution is -2.11. The molecule has 4 aromatic heterocycles. The molecule has 0 spiro atoms. The van der Waals surface area contributed by atoms with E-state index in [1.165, 1.54) is 32.6 Å². The maximum absolute atomic E-state index is 4.68. The molecule has 7 aromatic carbocycles. The second-order valence-electron chi connectivity index (χ2n) is 14.3. The number of anilines is 3. The molecule has 0 saturated heterocycles. The lowest BCUT2D eigenvalue weighted by atomic mass is 10.1. The molecular formula is C52H35N5. The van der Waals surface area contributed by atoms with E-state index in [-0.39, 0.29) is 0 Å². The number of pyridine rings is 2. The van der Waals surface area contributed by atoms with E-state index < -0.39 is 0 Å². The molecule has 5 nitrogen and oxygen atoms in total. The van der Waals surface area contributed by atoms with Gasteiger partial charge in [-0.25, -0.2) is 0 Å². The van der Waals surface area contributed by atoms with Crippen molar-refractivity contribution in [3.05, 3.63) is 213 Å². The summed E-state index contributed by atoms with van der Waals surface area (Å²) in [5.74, 6) is 0. The van der Waals surface area contributed by atoms with Gasteiger partial charge in [0.2, 0.25) is 0 Å². The van der Waals surface area contributed by atoms with E-state index in [4.69, 9.17) is 0 Å².